The van der Waals surface area contributed by atoms with Crippen LogP contribution in [0, 0.1) is 0 Å². The van der Waals surface area contributed by atoms with Crippen LogP contribution in [0.2, 0.25) is 0 Å². The fraction of sp³-hybridized carbons (Fsp3) is 0.864. The van der Waals surface area contributed by atoms with Gasteiger partial charge in [-0.2, -0.15) is 0 Å². The molecule has 0 bridgehead atoms. The highest BCUT2D eigenvalue weighted by Crippen LogP contribution is 2.11. The molecular formula is C44H88N2O12. The topological polar surface area (TPSA) is 275 Å². The van der Waals surface area contributed by atoms with Crippen LogP contribution in [0.25, 0.3) is 0 Å². The Hall–Kier alpha value is -1.98. The van der Waals surface area contributed by atoms with Gasteiger partial charge in [0.2, 0.25) is 0 Å². The number of allylic oxidation sites excluding steroid dienone is 4. The van der Waals surface area contributed by atoms with E-state index in [2.05, 4.69) is 38.2 Å². The van der Waals surface area contributed by atoms with Gasteiger partial charge >= 0.3 is 11.9 Å². The molecule has 2 unspecified atom stereocenters. The first kappa shape index (κ1) is 60.3. The number of quaternary nitrogens is 2. The van der Waals surface area contributed by atoms with Gasteiger partial charge in [0.15, 0.2) is 13.1 Å². The second-order valence-electron chi connectivity index (χ2n) is 15.5. The number of hydrogen-bond donors (Lipinski definition) is 10. The average Bonchev–Trinajstić information content (AvgIpc) is 3.16. The van der Waals surface area contributed by atoms with E-state index >= 15 is 0 Å². The summed E-state index contributed by atoms with van der Waals surface area (Å²) >= 11 is 0. The fourth-order valence-electron chi connectivity index (χ4n) is 5.92. The van der Waals surface area contributed by atoms with E-state index in [1.165, 1.54) is 167 Å². The Labute approximate surface area is 350 Å². The molecule has 346 valence electrons. The molecule has 0 radical (unpaired) electrons. The summed E-state index contributed by atoms with van der Waals surface area (Å²) in [5.41, 5.74) is 0. The van der Waals surface area contributed by atoms with Crippen molar-refractivity contribution in [3.05, 3.63) is 24.3 Å². The minimum Gasteiger partial charge on any atom is -0.547 e. The number of hydrogen-bond acceptors (Lipinski definition) is 12. The summed E-state index contributed by atoms with van der Waals surface area (Å²) in [4.78, 5) is 19.3. The number of nitrogens with two attached hydrogens (primary N) is 2. The molecule has 0 aromatic rings. The van der Waals surface area contributed by atoms with Crippen molar-refractivity contribution >= 4 is 11.9 Å². The highest BCUT2D eigenvalue weighted by Gasteiger charge is 2.20. The van der Waals surface area contributed by atoms with E-state index < -0.39 is 36.1 Å². The molecule has 2 atom stereocenters. The minimum atomic E-state index is -2.53. The first-order valence-corrected chi connectivity index (χ1v) is 22.6. The molecule has 0 spiro atoms. The molecule has 58 heavy (non-hydrogen) atoms. The number of rotatable bonds is 39. The van der Waals surface area contributed by atoms with Gasteiger partial charge in [0, 0.05) is 0 Å². The molecule has 0 heterocycles. The summed E-state index contributed by atoms with van der Waals surface area (Å²) in [6, 6.07) is 0. The van der Waals surface area contributed by atoms with Crippen LogP contribution >= 0.6 is 0 Å². The van der Waals surface area contributed by atoms with Crippen molar-refractivity contribution < 1.29 is 71.3 Å². The van der Waals surface area contributed by atoms with Crippen LogP contribution in [0.4, 0.5) is 0 Å². The molecule has 12 N–H and O–H groups in total. The van der Waals surface area contributed by atoms with E-state index in [9.17, 15) is 19.8 Å². The van der Waals surface area contributed by atoms with Crippen molar-refractivity contribution in [3.63, 3.8) is 0 Å². The number of carboxylic acids is 2. The number of carboxylic acid groups (broad SMARTS) is 2. The first-order valence-electron chi connectivity index (χ1n) is 22.6. The first-order chi connectivity index (χ1) is 27.6. The van der Waals surface area contributed by atoms with Gasteiger partial charge in [0.25, 0.3) is 0 Å². The van der Waals surface area contributed by atoms with Crippen LogP contribution in [-0.2, 0) is 9.59 Å². The Morgan fingerprint density at radius 3 is 0.879 bits per heavy atom. The zero-order valence-corrected chi connectivity index (χ0v) is 36.5. The lowest BCUT2D eigenvalue weighted by Crippen LogP contribution is -2.88. The van der Waals surface area contributed by atoms with Gasteiger partial charge in [-0.3, -0.25) is 0 Å². The van der Waals surface area contributed by atoms with E-state index in [0.717, 1.165) is 25.9 Å². The number of aliphatic carboxylic acids is 2. The largest absolute Gasteiger partial charge is 0.547 e. The molecule has 0 aliphatic carbocycles. The van der Waals surface area contributed by atoms with Gasteiger partial charge in [-0.1, -0.05) is 141 Å². The van der Waals surface area contributed by atoms with Crippen LogP contribution in [0.3, 0.4) is 0 Å². The standard InChI is InChI=1S/2C20H41NO3.C4H6O6/c2*1-2-3-4-5-6-7-8-9-10-11-12-13-14-15-16-17-18-21-19-20(22,23)24;5-1(3(7)8)2(6)4(9)10/h2*9-10,21-24H,2-8,11-19H2,1H3;1-2,5-6H,(H,7,8)(H,9,10)/b2*10-9-;. The third-order valence-electron chi connectivity index (χ3n) is 9.46. The smallest absolute Gasteiger partial charge is 0.327 e. The second kappa shape index (κ2) is 44.6. The number of aliphatic hydroxyl groups is 8. The van der Waals surface area contributed by atoms with Gasteiger partial charge in [0.05, 0.1) is 25.0 Å². The van der Waals surface area contributed by atoms with Gasteiger partial charge in [-0.05, 0) is 77.0 Å². The molecular weight excluding hydrogens is 748 g/mol. The minimum absolute atomic E-state index is 0.0714. The SMILES string of the molecule is CCCCCCCC/C=C\CCCCCCCC[NH2+]CC(O)(O)O.CCCCCCCC/C=C\CCCCCCCC[NH2+]CC(O)(O)O.O=C([O-])C(O)C(O)C(=O)[O-]. The van der Waals surface area contributed by atoms with Crippen LogP contribution < -0.4 is 20.8 Å². The van der Waals surface area contributed by atoms with Crippen molar-refractivity contribution in [3.8, 4) is 0 Å². The average molecular weight is 837 g/mol. The number of carbonyl (C=O) groups excluding carboxylic acids is 2. The van der Waals surface area contributed by atoms with Crippen LogP contribution in [0.1, 0.15) is 194 Å². The highest BCUT2D eigenvalue weighted by atomic mass is 16.7. The van der Waals surface area contributed by atoms with Gasteiger partial charge < -0.3 is 71.3 Å². The van der Waals surface area contributed by atoms with Crippen molar-refractivity contribution in [2.75, 3.05) is 26.2 Å². The molecule has 0 amide bonds. The van der Waals surface area contributed by atoms with Crippen molar-refractivity contribution in [2.24, 2.45) is 0 Å². The summed E-state index contributed by atoms with van der Waals surface area (Å²) in [5, 5.41) is 91.6. The Kier molecular flexibility index (Phi) is 46.4. The summed E-state index contributed by atoms with van der Waals surface area (Å²) in [6.07, 6.45) is 40.8. The van der Waals surface area contributed by atoms with Gasteiger partial charge in [-0.15, -0.1) is 0 Å². The van der Waals surface area contributed by atoms with Crippen LogP contribution in [-0.4, -0.2) is 103 Å². The zero-order valence-electron chi connectivity index (χ0n) is 36.5. The molecule has 0 aliphatic rings. The third-order valence-corrected chi connectivity index (χ3v) is 9.46. The lowest BCUT2D eigenvalue weighted by molar-refractivity contribution is -0.688. The lowest BCUT2D eigenvalue weighted by Gasteiger charge is -2.18. The maximum absolute atomic E-state index is 9.63. The van der Waals surface area contributed by atoms with Crippen molar-refractivity contribution in [1.82, 2.24) is 0 Å². The van der Waals surface area contributed by atoms with E-state index in [1.807, 2.05) is 0 Å². The molecule has 0 saturated carbocycles. The number of unbranched alkanes of at least 4 members (excludes halogenated alkanes) is 24. The van der Waals surface area contributed by atoms with E-state index in [4.69, 9.17) is 40.9 Å². The summed E-state index contributed by atoms with van der Waals surface area (Å²) in [7, 11) is 0. The Morgan fingerprint density at radius 2 is 0.655 bits per heavy atom. The number of aliphatic hydroxyl groups excluding tert-OH is 2. The predicted molar refractivity (Wildman–Crippen MR) is 223 cm³/mol. The maximum Gasteiger partial charge on any atom is 0.327 e. The van der Waals surface area contributed by atoms with E-state index in [0.29, 0.717) is 0 Å². The lowest BCUT2D eigenvalue weighted by atomic mass is 10.1. The summed E-state index contributed by atoms with van der Waals surface area (Å²) in [5.74, 6) is -9.17. The second-order valence-corrected chi connectivity index (χ2v) is 15.5. The van der Waals surface area contributed by atoms with Gasteiger partial charge in [-0.25, -0.2) is 0 Å². The normalized spacial score (nSPS) is 12.9. The summed E-state index contributed by atoms with van der Waals surface area (Å²) in [6.45, 7) is 6.06. The molecule has 0 rings (SSSR count). The number of carbonyl (C=O) groups is 2. The Morgan fingerprint density at radius 1 is 0.431 bits per heavy atom. The molecule has 0 saturated heterocycles. The Bertz CT molecular complexity index is 865. The molecule has 14 nitrogen and oxygen atoms in total. The molecule has 0 aromatic carbocycles. The van der Waals surface area contributed by atoms with E-state index in [-0.39, 0.29) is 13.1 Å². The summed E-state index contributed by atoms with van der Waals surface area (Å²) < 4.78 is 0. The van der Waals surface area contributed by atoms with Crippen LogP contribution in [0.5, 0.6) is 0 Å². The highest BCUT2D eigenvalue weighted by molar-refractivity contribution is 5.80. The zero-order chi connectivity index (χ0) is 44.2. The molecule has 0 aliphatic heterocycles. The maximum atomic E-state index is 9.63. The van der Waals surface area contributed by atoms with E-state index in [1.54, 1.807) is 10.6 Å². The molecule has 0 fully saturated rings. The molecule has 0 aromatic heterocycles. The van der Waals surface area contributed by atoms with Gasteiger partial charge in [0.1, 0.15) is 12.2 Å². The van der Waals surface area contributed by atoms with Crippen molar-refractivity contribution in [2.45, 2.75) is 218 Å². The fourth-order valence-corrected chi connectivity index (χ4v) is 5.92. The molecule has 14 heteroatoms. The Balaban J connectivity index is -0.000000847. The quantitative estimate of drug-likeness (QED) is 0.0241. The third kappa shape index (κ3) is 56.1. The monoisotopic (exact) mass is 837 g/mol. The van der Waals surface area contributed by atoms with Crippen molar-refractivity contribution in [1.29, 1.82) is 0 Å². The van der Waals surface area contributed by atoms with Crippen LogP contribution in [0.15, 0.2) is 24.3 Å². The predicted octanol–water partition coefficient (Wildman–Crippen LogP) is 1.64.